The van der Waals surface area contributed by atoms with Crippen LogP contribution in [0.5, 0.6) is 0 Å². The maximum absolute atomic E-state index is 11.9. The number of aromatic nitrogens is 1. The first kappa shape index (κ1) is 16.8. The summed E-state index contributed by atoms with van der Waals surface area (Å²) in [6.07, 6.45) is 10.7. The van der Waals surface area contributed by atoms with E-state index < -0.39 is 0 Å². The number of pyridine rings is 1. The molecule has 2 rings (SSSR count). The molecule has 0 atom stereocenters. The maximum Gasteiger partial charge on any atom is 0.272 e. The molecule has 0 spiro atoms. The monoisotopic (exact) mass is 369 g/mol. The molecule has 1 N–H and O–H groups in total. The van der Waals surface area contributed by atoms with E-state index >= 15 is 0 Å². The lowest BCUT2D eigenvalue weighted by Crippen LogP contribution is -2.18. The number of amides is 1. The van der Waals surface area contributed by atoms with Crippen LogP contribution in [0.15, 0.2) is 76.6 Å². The van der Waals surface area contributed by atoms with Crippen molar-refractivity contribution in [1.29, 1.82) is 0 Å². The Hall–Kier alpha value is -2.53. The topological polar surface area (TPSA) is 54.4 Å². The van der Waals surface area contributed by atoms with E-state index in [0.29, 0.717) is 11.3 Å². The van der Waals surface area contributed by atoms with Gasteiger partial charge in [0.25, 0.3) is 5.91 Å². The van der Waals surface area contributed by atoms with Gasteiger partial charge in [0, 0.05) is 16.9 Å². The summed E-state index contributed by atoms with van der Waals surface area (Å²) in [5.74, 6) is -0.300. The Kier molecular flexibility index (Phi) is 6.44. The fraction of sp³-hybridized carbons (Fsp3) is 0.0556. The lowest BCUT2D eigenvalue weighted by atomic mass is 10.2. The molecule has 0 bridgehead atoms. The van der Waals surface area contributed by atoms with E-state index in [1.54, 1.807) is 12.3 Å². The number of rotatable bonds is 5. The van der Waals surface area contributed by atoms with Gasteiger partial charge in [-0.3, -0.25) is 9.78 Å². The van der Waals surface area contributed by atoms with Crippen molar-refractivity contribution in [1.82, 2.24) is 10.4 Å². The van der Waals surface area contributed by atoms with Crippen molar-refractivity contribution in [2.24, 2.45) is 5.10 Å². The van der Waals surface area contributed by atoms with E-state index in [4.69, 9.17) is 0 Å². The van der Waals surface area contributed by atoms with Crippen LogP contribution in [-0.4, -0.2) is 16.6 Å². The molecule has 2 aromatic rings. The summed E-state index contributed by atoms with van der Waals surface area (Å²) < 4.78 is 0.747. The third-order valence-corrected chi connectivity index (χ3v) is 3.27. The first-order valence-electron chi connectivity index (χ1n) is 7.00. The second kappa shape index (κ2) is 8.80. The van der Waals surface area contributed by atoms with Crippen LogP contribution in [0.25, 0.3) is 6.08 Å². The van der Waals surface area contributed by atoms with Crippen LogP contribution >= 0.6 is 15.9 Å². The van der Waals surface area contributed by atoms with Gasteiger partial charge in [-0.2, -0.15) is 5.10 Å². The number of hydrogen-bond acceptors (Lipinski definition) is 3. The number of hydrazone groups is 1. The van der Waals surface area contributed by atoms with Gasteiger partial charge < -0.3 is 0 Å². The van der Waals surface area contributed by atoms with Crippen molar-refractivity contribution in [3.63, 3.8) is 0 Å². The molecule has 4 nitrogen and oxygen atoms in total. The molecule has 0 saturated heterocycles. The van der Waals surface area contributed by atoms with E-state index in [0.717, 1.165) is 10.0 Å². The van der Waals surface area contributed by atoms with Crippen molar-refractivity contribution in [3.8, 4) is 0 Å². The predicted molar refractivity (Wildman–Crippen MR) is 97.1 cm³/mol. The van der Waals surface area contributed by atoms with Crippen LogP contribution in [-0.2, 0) is 0 Å². The van der Waals surface area contributed by atoms with Crippen LogP contribution in [0, 0.1) is 0 Å². The smallest absolute Gasteiger partial charge is 0.267 e. The standard InChI is InChI=1S/C18H16BrN3O/c1-14(7-5-6-10-15-8-3-2-4-9-15)21-22-18(23)16-11-17(19)13-20-12-16/h2-13H,1H3,(H,22,23)/b7-5+,10-6+,21-14+. The molecule has 116 valence electrons. The van der Waals surface area contributed by atoms with Gasteiger partial charge in [-0.1, -0.05) is 48.6 Å². The zero-order chi connectivity index (χ0) is 16.5. The van der Waals surface area contributed by atoms with Crippen LogP contribution in [0.2, 0.25) is 0 Å². The van der Waals surface area contributed by atoms with Gasteiger partial charge in [0.05, 0.1) is 11.3 Å². The molecular weight excluding hydrogens is 354 g/mol. The Morgan fingerprint density at radius 3 is 2.74 bits per heavy atom. The summed E-state index contributed by atoms with van der Waals surface area (Å²) in [7, 11) is 0. The van der Waals surface area contributed by atoms with E-state index in [1.807, 2.05) is 61.6 Å². The highest BCUT2D eigenvalue weighted by molar-refractivity contribution is 9.10. The summed E-state index contributed by atoms with van der Waals surface area (Å²) >= 11 is 3.27. The number of halogens is 1. The number of hydrogen-bond donors (Lipinski definition) is 1. The number of nitrogens with one attached hydrogen (secondary N) is 1. The maximum atomic E-state index is 11.9. The van der Waals surface area contributed by atoms with Crippen molar-refractivity contribution in [3.05, 3.63) is 82.6 Å². The van der Waals surface area contributed by atoms with Gasteiger partial charge in [-0.15, -0.1) is 0 Å². The van der Waals surface area contributed by atoms with E-state index in [9.17, 15) is 4.79 Å². The largest absolute Gasteiger partial charge is 0.272 e. The lowest BCUT2D eigenvalue weighted by molar-refractivity contribution is 0.0954. The minimum atomic E-state index is -0.300. The van der Waals surface area contributed by atoms with Crippen molar-refractivity contribution >= 4 is 33.6 Å². The van der Waals surface area contributed by atoms with Crippen molar-refractivity contribution in [2.45, 2.75) is 6.92 Å². The summed E-state index contributed by atoms with van der Waals surface area (Å²) in [6.45, 7) is 1.81. The Morgan fingerprint density at radius 2 is 2.00 bits per heavy atom. The zero-order valence-corrected chi connectivity index (χ0v) is 14.2. The van der Waals surface area contributed by atoms with Crippen LogP contribution in [0.1, 0.15) is 22.8 Å². The quantitative estimate of drug-likeness (QED) is 0.487. The minimum Gasteiger partial charge on any atom is -0.267 e. The predicted octanol–water partition coefficient (Wildman–Crippen LogP) is 4.22. The molecular formula is C18H16BrN3O. The molecule has 0 unspecified atom stereocenters. The van der Waals surface area contributed by atoms with Gasteiger partial charge in [-0.05, 0) is 40.6 Å². The molecule has 0 fully saturated rings. The number of nitrogens with zero attached hydrogens (tertiary/aromatic N) is 2. The first-order chi connectivity index (χ1) is 11.1. The summed E-state index contributed by atoms with van der Waals surface area (Å²) in [4.78, 5) is 15.8. The molecule has 23 heavy (non-hydrogen) atoms. The first-order valence-corrected chi connectivity index (χ1v) is 7.79. The average Bonchev–Trinajstić information content (AvgIpc) is 2.57. The van der Waals surface area contributed by atoms with Gasteiger partial charge >= 0.3 is 0 Å². The third-order valence-electron chi connectivity index (χ3n) is 2.84. The highest BCUT2D eigenvalue weighted by atomic mass is 79.9. The van der Waals surface area contributed by atoms with Crippen LogP contribution in [0.3, 0.4) is 0 Å². The van der Waals surface area contributed by atoms with E-state index in [-0.39, 0.29) is 5.91 Å². The molecule has 5 heteroatoms. The van der Waals surface area contributed by atoms with E-state index in [1.165, 1.54) is 6.20 Å². The van der Waals surface area contributed by atoms with Gasteiger partial charge in [0.1, 0.15) is 0 Å². The molecule has 0 radical (unpaired) electrons. The molecule has 1 aromatic heterocycles. The fourth-order valence-electron chi connectivity index (χ4n) is 1.70. The van der Waals surface area contributed by atoms with E-state index in [2.05, 4.69) is 31.4 Å². The Balaban J connectivity index is 1.89. The molecule has 0 aliphatic heterocycles. The molecule has 1 aromatic carbocycles. The minimum absolute atomic E-state index is 0.300. The molecule has 0 aliphatic carbocycles. The lowest BCUT2D eigenvalue weighted by Gasteiger charge is -2.00. The number of benzene rings is 1. The summed E-state index contributed by atoms with van der Waals surface area (Å²) in [5.41, 5.74) is 4.77. The summed E-state index contributed by atoms with van der Waals surface area (Å²) in [5, 5.41) is 4.03. The number of carbonyl (C=O) groups is 1. The molecule has 0 aliphatic rings. The Bertz CT molecular complexity index is 752. The third kappa shape index (κ3) is 6.00. The molecule has 1 amide bonds. The molecule has 1 heterocycles. The van der Waals surface area contributed by atoms with Gasteiger partial charge in [0.15, 0.2) is 0 Å². The van der Waals surface area contributed by atoms with Gasteiger partial charge in [-0.25, -0.2) is 5.43 Å². The second-order valence-electron chi connectivity index (χ2n) is 4.71. The molecule has 0 saturated carbocycles. The SMILES string of the molecule is CC(/C=C/C=C/c1ccccc1)=N\NC(=O)c1cncc(Br)c1. The fourth-order valence-corrected chi connectivity index (χ4v) is 2.07. The van der Waals surface area contributed by atoms with Crippen LogP contribution in [0.4, 0.5) is 0 Å². The highest BCUT2D eigenvalue weighted by Crippen LogP contribution is 2.09. The summed E-state index contributed by atoms with van der Waals surface area (Å²) in [6, 6.07) is 11.7. The highest BCUT2D eigenvalue weighted by Gasteiger charge is 2.04. The Labute approximate surface area is 143 Å². The van der Waals surface area contributed by atoms with Gasteiger partial charge in [0.2, 0.25) is 0 Å². The Morgan fingerprint density at radius 1 is 1.22 bits per heavy atom. The van der Waals surface area contributed by atoms with Crippen molar-refractivity contribution < 1.29 is 4.79 Å². The number of carbonyl (C=O) groups excluding carboxylic acids is 1. The normalized spacial score (nSPS) is 12.0. The average molecular weight is 370 g/mol. The number of allylic oxidation sites excluding steroid dienone is 3. The second-order valence-corrected chi connectivity index (χ2v) is 5.63. The van der Waals surface area contributed by atoms with Crippen LogP contribution < -0.4 is 5.43 Å². The van der Waals surface area contributed by atoms with Crippen molar-refractivity contribution in [2.75, 3.05) is 0 Å². The zero-order valence-electron chi connectivity index (χ0n) is 12.6.